The number of rotatable bonds is 7. The van der Waals surface area contributed by atoms with E-state index in [1.165, 1.54) is 11.8 Å². The molecule has 0 saturated carbocycles. The quantitative estimate of drug-likeness (QED) is 0.667. The minimum Gasteiger partial charge on any atom is -0.383 e. The number of amides is 1. The molecule has 0 saturated heterocycles. The second-order valence-corrected chi connectivity index (χ2v) is 6.70. The summed E-state index contributed by atoms with van der Waals surface area (Å²) >= 11 is 7.52. The van der Waals surface area contributed by atoms with Crippen LogP contribution in [0, 0.1) is 0 Å². The molecule has 1 amide bonds. The van der Waals surface area contributed by atoms with Crippen LogP contribution in [0.5, 0.6) is 0 Å². The van der Waals surface area contributed by atoms with Crippen molar-refractivity contribution in [3.63, 3.8) is 0 Å². The average Bonchev–Trinajstić information content (AvgIpc) is 3.10. The zero-order valence-corrected chi connectivity index (χ0v) is 15.5. The van der Waals surface area contributed by atoms with Crippen LogP contribution in [0.25, 0.3) is 0 Å². The van der Waals surface area contributed by atoms with Gasteiger partial charge in [0, 0.05) is 18.2 Å². The zero-order valence-electron chi connectivity index (χ0n) is 13.9. The molecular weight excluding hydrogens is 374 g/mol. The van der Waals surface area contributed by atoms with Crippen molar-refractivity contribution in [2.45, 2.75) is 16.5 Å². The van der Waals surface area contributed by atoms with Crippen LogP contribution >= 0.6 is 23.4 Å². The molecule has 26 heavy (non-hydrogen) atoms. The van der Waals surface area contributed by atoms with Gasteiger partial charge in [0.15, 0.2) is 5.69 Å². The summed E-state index contributed by atoms with van der Waals surface area (Å²) in [5.74, 6) is -0.349. The maximum absolute atomic E-state index is 12.3. The molecule has 0 fully saturated rings. The van der Waals surface area contributed by atoms with E-state index < -0.39 is 0 Å². The summed E-state index contributed by atoms with van der Waals surface area (Å²) in [7, 11) is 1.62. The number of ether oxygens (including phenoxy) is 1. The first kappa shape index (κ1) is 18.4. The summed E-state index contributed by atoms with van der Waals surface area (Å²) in [4.78, 5) is 13.1. The van der Waals surface area contributed by atoms with Crippen LogP contribution < -0.4 is 5.32 Å². The maximum Gasteiger partial charge on any atom is 0.276 e. The third-order valence-corrected chi connectivity index (χ3v) is 4.78. The van der Waals surface area contributed by atoms with Crippen LogP contribution in [0.3, 0.4) is 0 Å². The third kappa shape index (κ3) is 4.81. The van der Waals surface area contributed by atoms with E-state index in [0.717, 1.165) is 4.90 Å². The van der Waals surface area contributed by atoms with Crippen molar-refractivity contribution < 1.29 is 9.53 Å². The molecule has 0 radical (unpaired) electrons. The van der Waals surface area contributed by atoms with Crippen molar-refractivity contribution in [3.05, 3.63) is 59.5 Å². The van der Waals surface area contributed by atoms with Gasteiger partial charge in [0.2, 0.25) is 0 Å². The van der Waals surface area contributed by atoms with Crippen molar-refractivity contribution in [2.24, 2.45) is 0 Å². The fourth-order valence-electron chi connectivity index (χ4n) is 2.07. The normalized spacial score (nSPS) is 10.7. The van der Waals surface area contributed by atoms with E-state index in [-0.39, 0.29) is 11.6 Å². The van der Waals surface area contributed by atoms with E-state index in [4.69, 9.17) is 16.3 Å². The van der Waals surface area contributed by atoms with Gasteiger partial charge in [-0.1, -0.05) is 35.5 Å². The van der Waals surface area contributed by atoms with Gasteiger partial charge in [-0.15, -0.1) is 10.2 Å². The number of nitrogens with one attached hydrogen (secondary N) is 1. The predicted octanol–water partition coefficient (Wildman–Crippen LogP) is 3.38. The van der Waals surface area contributed by atoms with Crippen molar-refractivity contribution in [2.75, 3.05) is 19.0 Å². The SMILES string of the molecule is COCCn1cc(NC(=O)c2ccc(Sc3ccccc3Cl)nn2)cn1. The monoisotopic (exact) mass is 389 g/mol. The van der Waals surface area contributed by atoms with E-state index in [1.807, 2.05) is 24.3 Å². The van der Waals surface area contributed by atoms with E-state index in [0.29, 0.717) is 28.9 Å². The number of aromatic nitrogens is 4. The highest BCUT2D eigenvalue weighted by Gasteiger charge is 2.11. The van der Waals surface area contributed by atoms with E-state index in [2.05, 4.69) is 20.6 Å². The summed E-state index contributed by atoms with van der Waals surface area (Å²) < 4.78 is 6.68. The number of carbonyl (C=O) groups is 1. The molecule has 0 aliphatic rings. The second kappa shape index (κ2) is 8.79. The van der Waals surface area contributed by atoms with Gasteiger partial charge < -0.3 is 10.1 Å². The van der Waals surface area contributed by atoms with Crippen LogP contribution in [0.2, 0.25) is 5.02 Å². The molecule has 0 spiro atoms. The molecule has 1 N–H and O–H groups in total. The summed E-state index contributed by atoms with van der Waals surface area (Å²) in [6.07, 6.45) is 3.30. The number of methoxy groups -OCH3 is 1. The smallest absolute Gasteiger partial charge is 0.276 e. The van der Waals surface area contributed by atoms with Crippen molar-refractivity contribution in [3.8, 4) is 0 Å². The molecule has 7 nitrogen and oxygen atoms in total. The van der Waals surface area contributed by atoms with Crippen molar-refractivity contribution in [1.29, 1.82) is 0 Å². The summed E-state index contributed by atoms with van der Waals surface area (Å²) in [5, 5.41) is 16.2. The lowest BCUT2D eigenvalue weighted by Gasteiger charge is -2.04. The Hall–Kier alpha value is -2.42. The average molecular weight is 390 g/mol. The van der Waals surface area contributed by atoms with Gasteiger partial charge in [0.05, 0.1) is 30.1 Å². The molecular formula is C17H16ClN5O2S. The number of halogens is 1. The van der Waals surface area contributed by atoms with Crippen LogP contribution in [0.1, 0.15) is 10.5 Å². The Morgan fingerprint density at radius 2 is 2.12 bits per heavy atom. The van der Waals surface area contributed by atoms with Gasteiger partial charge in [0.25, 0.3) is 5.91 Å². The fourth-order valence-corrected chi connectivity index (χ4v) is 3.07. The Kier molecular flexibility index (Phi) is 6.21. The molecule has 2 heterocycles. The van der Waals surface area contributed by atoms with E-state index in [1.54, 1.807) is 36.3 Å². The van der Waals surface area contributed by atoms with Crippen molar-refractivity contribution >= 4 is 35.0 Å². The largest absolute Gasteiger partial charge is 0.383 e. The molecule has 9 heteroatoms. The third-order valence-electron chi connectivity index (χ3n) is 3.34. The lowest BCUT2D eigenvalue weighted by molar-refractivity contribution is 0.102. The zero-order chi connectivity index (χ0) is 18.4. The summed E-state index contributed by atoms with van der Waals surface area (Å²) in [5.41, 5.74) is 0.806. The number of nitrogens with zero attached hydrogens (tertiary/aromatic N) is 4. The second-order valence-electron chi connectivity index (χ2n) is 5.23. The Morgan fingerprint density at radius 1 is 1.27 bits per heavy atom. The summed E-state index contributed by atoms with van der Waals surface area (Å²) in [6.45, 7) is 1.16. The molecule has 0 atom stereocenters. The minimum atomic E-state index is -0.349. The first-order valence-corrected chi connectivity index (χ1v) is 8.94. The Morgan fingerprint density at radius 3 is 2.85 bits per heavy atom. The van der Waals surface area contributed by atoms with Gasteiger partial charge in [-0.25, -0.2) is 0 Å². The van der Waals surface area contributed by atoms with E-state index in [9.17, 15) is 4.79 Å². The molecule has 0 unspecified atom stereocenters. The van der Waals surface area contributed by atoms with Gasteiger partial charge in [-0.05, 0) is 24.3 Å². The van der Waals surface area contributed by atoms with Crippen LogP contribution in [-0.2, 0) is 11.3 Å². The number of carbonyl (C=O) groups excluding carboxylic acids is 1. The molecule has 2 aromatic heterocycles. The number of benzene rings is 1. The highest BCUT2D eigenvalue weighted by molar-refractivity contribution is 7.99. The summed E-state index contributed by atoms with van der Waals surface area (Å²) in [6, 6.07) is 10.8. The lowest BCUT2D eigenvalue weighted by Crippen LogP contribution is -2.14. The van der Waals surface area contributed by atoms with Gasteiger partial charge in [-0.2, -0.15) is 5.10 Å². The Labute approximate surface area is 159 Å². The highest BCUT2D eigenvalue weighted by atomic mass is 35.5. The van der Waals surface area contributed by atoms with Gasteiger partial charge in [0.1, 0.15) is 5.03 Å². The standard InChI is InChI=1S/C17H16ClN5O2S/c1-25-9-8-23-11-12(10-19-23)20-17(24)14-6-7-16(22-21-14)26-15-5-3-2-4-13(15)18/h2-7,10-11H,8-9H2,1H3,(H,20,24). The molecule has 3 rings (SSSR count). The molecule has 134 valence electrons. The molecule has 1 aromatic carbocycles. The lowest BCUT2D eigenvalue weighted by atomic mass is 10.3. The highest BCUT2D eigenvalue weighted by Crippen LogP contribution is 2.31. The molecule has 3 aromatic rings. The minimum absolute atomic E-state index is 0.221. The fraction of sp³-hybridized carbons (Fsp3) is 0.176. The molecule has 0 bridgehead atoms. The van der Waals surface area contributed by atoms with Gasteiger partial charge in [-0.3, -0.25) is 9.48 Å². The van der Waals surface area contributed by atoms with Crippen LogP contribution in [0.4, 0.5) is 5.69 Å². The number of hydrogen-bond donors (Lipinski definition) is 1. The Bertz CT molecular complexity index is 885. The maximum atomic E-state index is 12.3. The molecule has 0 aliphatic carbocycles. The Balaban J connectivity index is 1.61. The number of hydrogen-bond acceptors (Lipinski definition) is 6. The first-order chi connectivity index (χ1) is 12.7. The first-order valence-electron chi connectivity index (χ1n) is 7.74. The van der Waals surface area contributed by atoms with E-state index >= 15 is 0 Å². The topological polar surface area (TPSA) is 81.9 Å². The predicted molar refractivity (Wildman–Crippen MR) is 99.7 cm³/mol. The van der Waals surface area contributed by atoms with Gasteiger partial charge >= 0.3 is 0 Å². The molecule has 0 aliphatic heterocycles. The van der Waals surface area contributed by atoms with Crippen molar-refractivity contribution in [1.82, 2.24) is 20.0 Å². The van der Waals surface area contributed by atoms with Crippen LogP contribution in [-0.4, -0.2) is 39.6 Å². The van der Waals surface area contributed by atoms with Crippen LogP contribution in [0.15, 0.2) is 58.7 Å². The number of anilines is 1.